The van der Waals surface area contributed by atoms with E-state index in [2.05, 4.69) is 0 Å². The molecule has 0 aliphatic rings. The first-order chi connectivity index (χ1) is 0. The number of hydrogen-bond acceptors (Lipinski definition) is 8. The summed E-state index contributed by atoms with van der Waals surface area (Å²) in [6.07, 6.45) is 0. The zero-order chi connectivity index (χ0) is 0. The van der Waals surface area contributed by atoms with Crippen molar-refractivity contribution in [1.82, 2.24) is 0 Å². The molecule has 0 aromatic carbocycles. The first-order valence-corrected chi connectivity index (χ1v) is 0. The average Bonchev–Trinajstić information content (AvgIpc) is 0. The topological polar surface area (TPSA) is 240 Å². The summed E-state index contributed by atoms with van der Waals surface area (Å²) in [5.41, 5.74) is 0. The minimum absolute atomic E-state index is 0. The van der Waals surface area contributed by atoms with Crippen LogP contribution in [0.1, 0.15) is 0 Å². The molecule has 0 atom stereocenters. The molecule has 0 heterocycles. The van der Waals surface area contributed by atoms with Crippen LogP contribution < -0.4 is 0 Å². The van der Waals surface area contributed by atoms with Crippen molar-refractivity contribution in [3.05, 3.63) is 0 Å². The molecular weight excluding hydrogens is 206 g/mol. The van der Waals surface area contributed by atoms with Crippen LogP contribution >= 0.6 is 0 Å². The summed E-state index contributed by atoms with van der Waals surface area (Å²) < 4.78 is 0. The van der Waals surface area contributed by atoms with Gasteiger partial charge in [0.15, 0.2) is 0 Å². The van der Waals surface area contributed by atoms with Crippen molar-refractivity contribution in [1.29, 1.82) is 0 Å². The molecule has 0 fully saturated rings. The molecule has 10 heavy (non-hydrogen) atoms. The Kier molecular flexibility index (Phi) is 195000. The quantitative estimate of drug-likeness (QED) is 0.415. The summed E-state index contributed by atoms with van der Waals surface area (Å²) in [5, 5.41) is 0. The Labute approximate surface area is 80.1 Å². The van der Waals surface area contributed by atoms with Crippen LogP contribution in [0.5, 0.6) is 0 Å². The van der Waals surface area contributed by atoms with Gasteiger partial charge in [0.25, 0.3) is 0 Å². The standard InChI is InChI=1S/Al.8H2O.V/h;8*1H2;/q+3;;;;;;;;;+5/p-8. The van der Waals surface area contributed by atoms with Gasteiger partial charge in [-0.3, -0.25) is 0 Å². The summed E-state index contributed by atoms with van der Waals surface area (Å²) in [6, 6.07) is 0. The molecule has 0 saturated carbocycles. The molecule has 8 N–H and O–H groups in total. The van der Waals surface area contributed by atoms with E-state index in [0.29, 0.717) is 0 Å². The van der Waals surface area contributed by atoms with Crippen molar-refractivity contribution in [3.8, 4) is 0 Å². The van der Waals surface area contributed by atoms with E-state index in [1.165, 1.54) is 0 Å². The molecule has 0 aliphatic heterocycles. The summed E-state index contributed by atoms with van der Waals surface area (Å²) in [4.78, 5) is 0. The third-order valence-electron chi connectivity index (χ3n) is 0. The van der Waals surface area contributed by atoms with Crippen molar-refractivity contribution in [2.45, 2.75) is 0 Å². The number of rotatable bonds is 0. The Morgan fingerprint density at radius 2 is 0.300 bits per heavy atom. The second-order valence-corrected chi connectivity index (χ2v) is 0. The third kappa shape index (κ3) is 842. The van der Waals surface area contributed by atoms with Crippen LogP contribution in [0.2, 0.25) is 0 Å². The molecular formula is H8AlO8V. The van der Waals surface area contributed by atoms with E-state index in [1.807, 2.05) is 0 Å². The Morgan fingerprint density at radius 1 is 0.300 bits per heavy atom. The van der Waals surface area contributed by atoms with Gasteiger partial charge in [0.1, 0.15) is 0 Å². The van der Waals surface area contributed by atoms with Gasteiger partial charge in [-0.25, -0.2) is 0 Å². The summed E-state index contributed by atoms with van der Waals surface area (Å²) in [6.45, 7) is 0. The zero-order valence-corrected chi connectivity index (χ0v) is 7.15. The van der Waals surface area contributed by atoms with E-state index in [4.69, 9.17) is 0 Å². The van der Waals surface area contributed by atoms with E-state index >= 15 is 0 Å². The minimum atomic E-state index is 0. The Morgan fingerprint density at radius 3 is 0.300 bits per heavy atom. The first kappa shape index (κ1) is 1630. The third-order valence-corrected chi connectivity index (χ3v) is 0. The number of hydrogen-bond donors (Lipinski definition) is 0. The largest absolute Gasteiger partial charge is 5.00 e. The van der Waals surface area contributed by atoms with E-state index in [1.54, 1.807) is 0 Å². The molecule has 0 amide bonds. The predicted octanol–water partition coefficient (Wildman–Crippen LogP) is -1.80. The molecule has 8 nitrogen and oxygen atoms in total. The Bertz CT molecular complexity index is 9.22. The molecule has 0 aromatic heterocycles. The van der Waals surface area contributed by atoms with Crippen LogP contribution in [0.3, 0.4) is 0 Å². The van der Waals surface area contributed by atoms with Gasteiger partial charge < -0.3 is 43.8 Å². The first-order valence-electron chi connectivity index (χ1n) is 0. The van der Waals surface area contributed by atoms with Gasteiger partial charge in [-0.05, 0) is 0 Å². The fourth-order valence-electron chi connectivity index (χ4n) is 0. The maximum atomic E-state index is 0. The molecule has 0 rings (SSSR count). The second kappa shape index (κ2) is 1190. The van der Waals surface area contributed by atoms with Gasteiger partial charge in [-0.2, -0.15) is 0 Å². The fourth-order valence-corrected chi connectivity index (χ4v) is 0. The smallest absolute Gasteiger partial charge is 0.870 e. The van der Waals surface area contributed by atoms with Crippen molar-refractivity contribution in [2.24, 2.45) is 0 Å². The van der Waals surface area contributed by atoms with Gasteiger partial charge >= 0.3 is 35.9 Å². The molecule has 0 saturated heterocycles. The van der Waals surface area contributed by atoms with E-state index in [9.17, 15) is 0 Å². The van der Waals surface area contributed by atoms with Crippen LogP contribution in [0.25, 0.3) is 0 Å². The van der Waals surface area contributed by atoms with E-state index in [0.717, 1.165) is 0 Å². The molecule has 0 aliphatic carbocycles. The summed E-state index contributed by atoms with van der Waals surface area (Å²) in [7, 11) is 0. The van der Waals surface area contributed by atoms with Crippen LogP contribution in [0, 0.1) is 0 Å². The molecule has 0 spiro atoms. The zero-order valence-electron chi connectivity index (χ0n) is 4.60. The van der Waals surface area contributed by atoms with Crippen LogP contribution in [-0.2, 0) is 18.6 Å². The molecule has 0 bridgehead atoms. The van der Waals surface area contributed by atoms with Gasteiger partial charge in [0.2, 0.25) is 0 Å². The SMILES string of the molecule is [Al+3].[OH-].[OH-].[OH-].[OH-].[OH-].[OH-].[OH-].[OH-].[V+5]. The average molecular weight is 214 g/mol. The maximum Gasteiger partial charge on any atom is 5.00 e. The summed E-state index contributed by atoms with van der Waals surface area (Å²) >= 11 is 0. The van der Waals surface area contributed by atoms with E-state index in [-0.39, 0.29) is 79.7 Å². The van der Waals surface area contributed by atoms with Gasteiger partial charge in [0, 0.05) is 0 Å². The van der Waals surface area contributed by atoms with Crippen LogP contribution in [0.4, 0.5) is 0 Å². The van der Waals surface area contributed by atoms with Crippen molar-refractivity contribution >= 4 is 17.4 Å². The van der Waals surface area contributed by atoms with E-state index < -0.39 is 0 Å². The maximum absolute atomic E-state index is 0. The fraction of sp³-hybridized carbons (Fsp3) is 0. The van der Waals surface area contributed by atoms with Crippen molar-refractivity contribution < 1.29 is 62.4 Å². The molecule has 0 radical (unpaired) electrons. The normalized spacial score (nSPS) is 0. The van der Waals surface area contributed by atoms with Gasteiger partial charge in [-0.1, -0.05) is 0 Å². The summed E-state index contributed by atoms with van der Waals surface area (Å²) in [5.74, 6) is 0. The monoisotopic (exact) mass is 214 g/mol. The molecule has 10 heteroatoms. The Balaban J connectivity index is 0. The second-order valence-electron chi connectivity index (χ2n) is 0. The minimum Gasteiger partial charge on any atom is -0.870 e. The van der Waals surface area contributed by atoms with Crippen LogP contribution in [-0.4, -0.2) is 61.2 Å². The van der Waals surface area contributed by atoms with Crippen molar-refractivity contribution in [3.63, 3.8) is 0 Å². The molecule has 0 unspecified atom stereocenters. The van der Waals surface area contributed by atoms with Gasteiger partial charge in [-0.15, -0.1) is 0 Å². The van der Waals surface area contributed by atoms with Crippen molar-refractivity contribution in [2.75, 3.05) is 0 Å². The van der Waals surface area contributed by atoms with Gasteiger partial charge in [0.05, 0.1) is 0 Å². The Hall–Kier alpha value is 0.797. The molecule has 0 aromatic rings. The molecule has 64 valence electrons. The van der Waals surface area contributed by atoms with Crippen LogP contribution in [0.15, 0.2) is 0 Å². The predicted molar refractivity (Wildman–Crippen MR) is 21.2 cm³/mol.